The number of fused-ring (bicyclic) bond motifs is 1. The molecule has 0 saturated heterocycles. The molecule has 0 spiro atoms. The number of hydrogen-bond donors (Lipinski definition) is 1. The number of aliphatic hydroxyl groups excluding tert-OH is 1. The zero-order chi connectivity index (χ0) is 9.68. The smallest absolute Gasteiger partial charge is 0.0583 e. The van der Waals surface area contributed by atoms with E-state index in [9.17, 15) is 5.11 Å². The van der Waals surface area contributed by atoms with Crippen molar-refractivity contribution in [2.24, 2.45) is 0 Å². The minimum absolute atomic E-state index is 0.107. The van der Waals surface area contributed by atoms with Gasteiger partial charge in [-0.1, -0.05) is 38.1 Å². The Hall–Kier alpha value is -0.820. The Bertz CT molecular complexity index is 255. The monoisotopic (exact) mass is 178 g/mol. The van der Waals surface area contributed by atoms with E-state index in [1.165, 1.54) is 11.1 Å². The maximum Gasteiger partial charge on any atom is 0.0583 e. The zero-order valence-corrected chi connectivity index (χ0v) is 8.46. The van der Waals surface area contributed by atoms with Crippen LogP contribution in [0.4, 0.5) is 0 Å². The van der Waals surface area contributed by atoms with Gasteiger partial charge in [-0.25, -0.2) is 0 Å². The van der Waals surface area contributed by atoms with Crippen LogP contribution in [0.2, 0.25) is 0 Å². The Kier molecular flexibility index (Phi) is 3.97. The van der Waals surface area contributed by atoms with Gasteiger partial charge in [0, 0.05) is 0 Å². The molecule has 2 rings (SSSR count). The Morgan fingerprint density at radius 1 is 1.15 bits per heavy atom. The van der Waals surface area contributed by atoms with Crippen molar-refractivity contribution >= 4 is 0 Å². The van der Waals surface area contributed by atoms with Gasteiger partial charge in [-0.05, 0) is 30.4 Å². The Balaban J connectivity index is 0.000000396. The summed E-state index contributed by atoms with van der Waals surface area (Å²) in [5, 5.41) is 9.36. The van der Waals surface area contributed by atoms with Crippen molar-refractivity contribution in [2.45, 2.75) is 39.2 Å². The van der Waals surface area contributed by atoms with Crippen LogP contribution in [0.3, 0.4) is 0 Å². The molecule has 1 N–H and O–H groups in total. The first-order valence-corrected chi connectivity index (χ1v) is 5.11. The summed E-state index contributed by atoms with van der Waals surface area (Å²) in [4.78, 5) is 0. The van der Waals surface area contributed by atoms with Crippen LogP contribution in [0.5, 0.6) is 0 Å². The molecule has 1 aliphatic rings. The summed E-state index contributed by atoms with van der Waals surface area (Å²) in [6.45, 7) is 4.00. The fourth-order valence-corrected chi connectivity index (χ4v) is 1.68. The second-order valence-corrected chi connectivity index (χ2v) is 3.17. The molecule has 0 unspecified atom stereocenters. The standard InChI is InChI=1S/C10H12O.C2H6/c11-10-6-5-8-3-1-2-4-9(8)7-10;1-2/h1-4,10-11H,5-7H2;1-2H3/t10-;/m1./s1. The molecule has 0 aliphatic heterocycles. The summed E-state index contributed by atoms with van der Waals surface area (Å²) < 4.78 is 0. The molecule has 0 amide bonds. The summed E-state index contributed by atoms with van der Waals surface area (Å²) >= 11 is 0. The van der Waals surface area contributed by atoms with Crippen LogP contribution >= 0.6 is 0 Å². The van der Waals surface area contributed by atoms with Crippen LogP contribution in [-0.4, -0.2) is 11.2 Å². The molecule has 0 saturated carbocycles. The van der Waals surface area contributed by atoms with Crippen LogP contribution in [0.1, 0.15) is 31.4 Å². The Morgan fingerprint density at radius 3 is 2.46 bits per heavy atom. The fourth-order valence-electron chi connectivity index (χ4n) is 1.68. The molecule has 0 fully saturated rings. The highest BCUT2D eigenvalue weighted by Gasteiger charge is 2.14. The molecule has 1 atom stereocenters. The van der Waals surface area contributed by atoms with Gasteiger partial charge in [0.15, 0.2) is 0 Å². The van der Waals surface area contributed by atoms with E-state index in [1.54, 1.807) is 0 Å². The Morgan fingerprint density at radius 2 is 1.77 bits per heavy atom. The van der Waals surface area contributed by atoms with E-state index in [0.29, 0.717) is 0 Å². The number of rotatable bonds is 0. The van der Waals surface area contributed by atoms with Gasteiger partial charge in [0.1, 0.15) is 0 Å². The first-order valence-electron chi connectivity index (χ1n) is 5.11. The fraction of sp³-hybridized carbons (Fsp3) is 0.500. The molecule has 1 aromatic rings. The third-order valence-electron chi connectivity index (χ3n) is 2.32. The lowest BCUT2D eigenvalue weighted by Gasteiger charge is -2.19. The van der Waals surface area contributed by atoms with Gasteiger partial charge in [0.2, 0.25) is 0 Å². The highest BCUT2D eigenvalue weighted by Crippen LogP contribution is 2.20. The van der Waals surface area contributed by atoms with Crippen molar-refractivity contribution in [1.82, 2.24) is 0 Å². The van der Waals surface area contributed by atoms with Crippen molar-refractivity contribution in [2.75, 3.05) is 0 Å². The topological polar surface area (TPSA) is 20.2 Å². The highest BCUT2D eigenvalue weighted by molar-refractivity contribution is 5.29. The van der Waals surface area contributed by atoms with Gasteiger partial charge >= 0.3 is 0 Å². The predicted octanol–water partition coefficient (Wildman–Crippen LogP) is 2.56. The molecule has 0 aromatic heterocycles. The Labute approximate surface area is 80.4 Å². The number of hydrogen-bond acceptors (Lipinski definition) is 1. The van der Waals surface area contributed by atoms with E-state index >= 15 is 0 Å². The SMILES string of the molecule is CC.O[C@@H]1CCc2ccccc2C1. The molecule has 13 heavy (non-hydrogen) atoms. The lowest BCUT2D eigenvalue weighted by atomic mass is 9.90. The molecule has 1 heteroatoms. The first-order chi connectivity index (χ1) is 6.36. The normalized spacial score (nSPS) is 19.8. The molecule has 0 bridgehead atoms. The van der Waals surface area contributed by atoms with Crippen molar-refractivity contribution in [1.29, 1.82) is 0 Å². The highest BCUT2D eigenvalue weighted by atomic mass is 16.3. The molecule has 0 radical (unpaired) electrons. The van der Waals surface area contributed by atoms with Crippen molar-refractivity contribution in [3.05, 3.63) is 35.4 Å². The van der Waals surface area contributed by atoms with Gasteiger partial charge in [-0.2, -0.15) is 0 Å². The minimum Gasteiger partial charge on any atom is -0.393 e. The van der Waals surface area contributed by atoms with E-state index in [1.807, 2.05) is 19.9 Å². The second kappa shape index (κ2) is 5.03. The van der Waals surface area contributed by atoms with Gasteiger partial charge in [-0.3, -0.25) is 0 Å². The van der Waals surface area contributed by atoms with Gasteiger partial charge in [-0.15, -0.1) is 0 Å². The van der Waals surface area contributed by atoms with Crippen LogP contribution in [0.25, 0.3) is 0 Å². The van der Waals surface area contributed by atoms with E-state index in [-0.39, 0.29) is 6.10 Å². The van der Waals surface area contributed by atoms with Crippen molar-refractivity contribution in [3.8, 4) is 0 Å². The summed E-state index contributed by atoms with van der Waals surface area (Å²) in [5.41, 5.74) is 2.74. The first kappa shape index (κ1) is 10.3. The van der Waals surface area contributed by atoms with Crippen molar-refractivity contribution < 1.29 is 5.11 Å². The summed E-state index contributed by atoms with van der Waals surface area (Å²) in [7, 11) is 0. The average Bonchev–Trinajstić information content (AvgIpc) is 2.21. The molecule has 1 aliphatic carbocycles. The molecule has 0 heterocycles. The number of benzene rings is 1. The predicted molar refractivity (Wildman–Crippen MR) is 55.8 cm³/mol. The summed E-state index contributed by atoms with van der Waals surface area (Å²) in [6, 6.07) is 8.37. The van der Waals surface area contributed by atoms with E-state index in [2.05, 4.69) is 18.2 Å². The number of aryl methyl sites for hydroxylation is 1. The van der Waals surface area contributed by atoms with Crippen molar-refractivity contribution in [3.63, 3.8) is 0 Å². The van der Waals surface area contributed by atoms with Crippen LogP contribution in [0, 0.1) is 0 Å². The van der Waals surface area contributed by atoms with Gasteiger partial charge in [0.05, 0.1) is 6.10 Å². The van der Waals surface area contributed by atoms with Gasteiger partial charge in [0.25, 0.3) is 0 Å². The average molecular weight is 178 g/mol. The maximum absolute atomic E-state index is 9.36. The minimum atomic E-state index is -0.107. The van der Waals surface area contributed by atoms with Crippen LogP contribution in [-0.2, 0) is 12.8 Å². The summed E-state index contributed by atoms with van der Waals surface area (Å²) in [5.74, 6) is 0. The lowest BCUT2D eigenvalue weighted by Crippen LogP contribution is -2.18. The van der Waals surface area contributed by atoms with Gasteiger partial charge < -0.3 is 5.11 Å². The second-order valence-electron chi connectivity index (χ2n) is 3.17. The van der Waals surface area contributed by atoms with Crippen LogP contribution < -0.4 is 0 Å². The van der Waals surface area contributed by atoms with E-state index in [4.69, 9.17) is 0 Å². The third kappa shape index (κ3) is 2.56. The zero-order valence-electron chi connectivity index (χ0n) is 8.46. The third-order valence-corrected chi connectivity index (χ3v) is 2.32. The molecule has 72 valence electrons. The van der Waals surface area contributed by atoms with Crippen LogP contribution in [0.15, 0.2) is 24.3 Å². The maximum atomic E-state index is 9.36. The number of aliphatic hydroxyl groups is 1. The quantitative estimate of drug-likeness (QED) is 0.647. The molecular formula is C12H18O. The molecule has 1 aromatic carbocycles. The molecule has 1 nitrogen and oxygen atoms in total. The largest absolute Gasteiger partial charge is 0.393 e. The molecular weight excluding hydrogens is 160 g/mol. The van der Waals surface area contributed by atoms with E-state index < -0.39 is 0 Å². The lowest BCUT2D eigenvalue weighted by molar-refractivity contribution is 0.158. The van der Waals surface area contributed by atoms with E-state index in [0.717, 1.165) is 19.3 Å². The summed E-state index contributed by atoms with van der Waals surface area (Å²) in [6.07, 6.45) is 2.70.